The van der Waals surface area contributed by atoms with Crippen LogP contribution in [0.1, 0.15) is 42.2 Å². The van der Waals surface area contributed by atoms with Crippen molar-refractivity contribution in [1.29, 1.82) is 0 Å². The minimum Gasteiger partial charge on any atom is -0.464 e. The summed E-state index contributed by atoms with van der Waals surface area (Å²) < 4.78 is 7.80. The first-order valence-electron chi connectivity index (χ1n) is 6.89. The topological polar surface area (TPSA) is 43.0 Å². The molecule has 0 aromatic carbocycles. The molecule has 1 fully saturated rings. The monoisotopic (exact) mass is 259 g/mol. The van der Waals surface area contributed by atoms with E-state index in [1.54, 1.807) is 0 Å². The summed E-state index contributed by atoms with van der Waals surface area (Å²) >= 11 is 0. The first kappa shape index (κ1) is 12.3. The summed E-state index contributed by atoms with van der Waals surface area (Å²) in [5.41, 5.74) is 3.29. The number of anilines is 1. The van der Waals surface area contributed by atoms with E-state index in [0.29, 0.717) is 12.5 Å². The van der Waals surface area contributed by atoms with Crippen LogP contribution in [0.15, 0.2) is 16.5 Å². The van der Waals surface area contributed by atoms with Gasteiger partial charge in [0.05, 0.1) is 23.6 Å². The molecule has 2 aromatic rings. The van der Waals surface area contributed by atoms with Gasteiger partial charge in [-0.3, -0.25) is 4.68 Å². The zero-order valence-electron chi connectivity index (χ0n) is 12.0. The number of aryl methyl sites for hydroxylation is 2. The molecule has 102 valence electrons. The van der Waals surface area contributed by atoms with Gasteiger partial charge in [0.25, 0.3) is 0 Å². The van der Waals surface area contributed by atoms with Crippen LogP contribution in [0.25, 0.3) is 0 Å². The summed E-state index contributed by atoms with van der Waals surface area (Å²) in [6, 6.07) is 4.20. The van der Waals surface area contributed by atoms with E-state index >= 15 is 0 Å². The Morgan fingerprint density at radius 1 is 1.42 bits per heavy atom. The lowest BCUT2D eigenvalue weighted by Gasteiger charge is -2.04. The van der Waals surface area contributed by atoms with Gasteiger partial charge in [-0.25, -0.2) is 0 Å². The summed E-state index contributed by atoms with van der Waals surface area (Å²) in [4.78, 5) is 0. The van der Waals surface area contributed by atoms with Gasteiger partial charge in [0.1, 0.15) is 11.5 Å². The zero-order valence-corrected chi connectivity index (χ0v) is 12.0. The molecule has 4 heteroatoms. The normalized spacial score (nSPS) is 21.7. The highest BCUT2D eigenvalue weighted by molar-refractivity contribution is 5.52. The van der Waals surface area contributed by atoms with Crippen LogP contribution in [0, 0.1) is 19.8 Å². The smallest absolute Gasteiger partial charge is 0.123 e. The summed E-state index contributed by atoms with van der Waals surface area (Å²) in [7, 11) is 1.97. The SMILES string of the molecule is Cc1nn(C)c(C)c1NCc1ccc(C2CC2C)o1. The fourth-order valence-corrected chi connectivity index (χ4v) is 2.61. The van der Waals surface area contributed by atoms with Crippen LogP contribution < -0.4 is 5.32 Å². The van der Waals surface area contributed by atoms with Crippen molar-refractivity contribution < 1.29 is 4.42 Å². The summed E-state index contributed by atoms with van der Waals surface area (Å²) in [6.45, 7) is 7.08. The first-order valence-corrected chi connectivity index (χ1v) is 6.89. The number of nitrogens with one attached hydrogen (secondary N) is 1. The summed E-state index contributed by atoms with van der Waals surface area (Å²) in [5, 5.41) is 7.82. The highest BCUT2D eigenvalue weighted by atomic mass is 16.3. The maximum atomic E-state index is 5.90. The third-order valence-corrected chi connectivity index (χ3v) is 4.11. The molecule has 0 aliphatic heterocycles. The molecule has 0 bridgehead atoms. The van der Waals surface area contributed by atoms with Crippen LogP contribution in [0.3, 0.4) is 0 Å². The number of rotatable bonds is 4. The fourth-order valence-electron chi connectivity index (χ4n) is 2.61. The van der Waals surface area contributed by atoms with Crippen LogP contribution in [0.2, 0.25) is 0 Å². The van der Waals surface area contributed by atoms with Gasteiger partial charge in [0, 0.05) is 13.0 Å². The van der Waals surface area contributed by atoms with E-state index in [1.807, 2.05) is 18.7 Å². The van der Waals surface area contributed by atoms with Gasteiger partial charge in [-0.2, -0.15) is 5.10 Å². The average molecular weight is 259 g/mol. The van der Waals surface area contributed by atoms with Crippen molar-refractivity contribution in [3.05, 3.63) is 35.0 Å². The molecule has 1 saturated carbocycles. The Bertz CT molecular complexity index is 597. The summed E-state index contributed by atoms with van der Waals surface area (Å²) in [6.07, 6.45) is 1.27. The lowest BCUT2D eigenvalue weighted by molar-refractivity contribution is 0.468. The molecule has 1 N–H and O–H groups in total. The molecule has 4 nitrogen and oxygen atoms in total. The third-order valence-electron chi connectivity index (χ3n) is 4.11. The van der Waals surface area contributed by atoms with Gasteiger partial charge in [-0.15, -0.1) is 0 Å². The molecule has 19 heavy (non-hydrogen) atoms. The maximum absolute atomic E-state index is 5.90. The second kappa shape index (κ2) is 4.44. The Labute approximate surface area is 113 Å². The van der Waals surface area contributed by atoms with Crippen LogP contribution in [-0.2, 0) is 13.6 Å². The van der Waals surface area contributed by atoms with E-state index in [1.165, 1.54) is 6.42 Å². The molecule has 1 aliphatic rings. The Morgan fingerprint density at radius 2 is 2.16 bits per heavy atom. The molecule has 3 rings (SSSR count). The highest BCUT2D eigenvalue weighted by Crippen LogP contribution is 2.47. The van der Waals surface area contributed by atoms with Crippen molar-refractivity contribution in [3.63, 3.8) is 0 Å². The molecule has 0 radical (unpaired) electrons. The first-order chi connectivity index (χ1) is 9.06. The zero-order chi connectivity index (χ0) is 13.6. The number of furan rings is 1. The van der Waals surface area contributed by atoms with Crippen molar-refractivity contribution >= 4 is 5.69 Å². The molecule has 2 heterocycles. The van der Waals surface area contributed by atoms with E-state index in [9.17, 15) is 0 Å². The average Bonchev–Trinajstić information content (AvgIpc) is 2.83. The molecule has 0 spiro atoms. The minimum atomic E-state index is 0.649. The number of aromatic nitrogens is 2. The van der Waals surface area contributed by atoms with Crippen molar-refractivity contribution in [2.75, 3.05) is 5.32 Å². The van der Waals surface area contributed by atoms with Gasteiger partial charge in [-0.1, -0.05) is 6.92 Å². The predicted molar refractivity (Wildman–Crippen MR) is 75.2 cm³/mol. The molecule has 0 saturated heterocycles. The van der Waals surface area contributed by atoms with Crippen molar-refractivity contribution in [2.24, 2.45) is 13.0 Å². The van der Waals surface area contributed by atoms with Crippen LogP contribution >= 0.6 is 0 Å². The fraction of sp³-hybridized carbons (Fsp3) is 0.533. The predicted octanol–water partition coefficient (Wildman–Crippen LogP) is 3.37. The Morgan fingerprint density at radius 3 is 2.74 bits per heavy atom. The number of nitrogens with zero attached hydrogens (tertiary/aromatic N) is 2. The van der Waals surface area contributed by atoms with Crippen LogP contribution in [0.5, 0.6) is 0 Å². The molecule has 0 amide bonds. The van der Waals surface area contributed by atoms with Gasteiger partial charge in [-0.05, 0) is 38.3 Å². The van der Waals surface area contributed by atoms with E-state index in [-0.39, 0.29) is 0 Å². The standard InChI is InChI=1S/C15H21N3O/c1-9-7-13(9)14-6-5-12(19-14)8-16-15-10(2)17-18(4)11(15)3/h5-6,9,13,16H,7-8H2,1-4H3. The lowest BCUT2D eigenvalue weighted by atomic mass is 10.3. The molecule has 2 unspecified atom stereocenters. The maximum Gasteiger partial charge on any atom is 0.123 e. The molecular formula is C15H21N3O. The highest BCUT2D eigenvalue weighted by Gasteiger charge is 2.36. The number of hydrogen-bond donors (Lipinski definition) is 1. The van der Waals surface area contributed by atoms with E-state index in [0.717, 1.165) is 34.5 Å². The largest absolute Gasteiger partial charge is 0.464 e. The van der Waals surface area contributed by atoms with Crippen molar-refractivity contribution in [1.82, 2.24) is 9.78 Å². The van der Waals surface area contributed by atoms with E-state index < -0.39 is 0 Å². The molecule has 2 aromatic heterocycles. The van der Waals surface area contributed by atoms with Crippen LogP contribution in [0.4, 0.5) is 5.69 Å². The second-order valence-electron chi connectivity index (χ2n) is 5.65. The van der Waals surface area contributed by atoms with Gasteiger partial charge < -0.3 is 9.73 Å². The molecule has 1 aliphatic carbocycles. The molecular weight excluding hydrogens is 238 g/mol. The molecule has 2 atom stereocenters. The number of hydrogen-bond acceptors (Lipinski definition) is 3. The van der Waals surface area contributed by atoms with Gasteiger partial charge in [0.15, 0.2) is 0 Å². The summed E-state index contributed by atoms with van der Waals surface area (Å²) in [5.74, 6) is 3.58. The van der Waals surface area contributed by atoms with E-state index in [4.69, 9.17) is 4.42 Å². The Balaban J connectivity index is 1.67. The van der Waals surface area contributed by atoms with Gasteiger partial charge >= 0.3 is 0 Å². The van der Waals surface area contributed by atoms with E-state index in [2.05, 4.69) is 36.4 Å². The van der Waals surface area contributed by atoms with Gasteiger partial charge in [0.2, 0.25) is 0 Å². The quantitative estimate of drug-likeness (QED) is 0.915. The van der Waals surface area contributed by atoms with Crippen LogP contribution in [-0.4, -0.2) is 9.78 Å². The second-order valence-corrected chi connectivity index (χ2v) is 5.65. The lowest BCUT2D eigenvalue weighted by Crippen LogP contribution is -2.00. The van der Waals surface area contributed by atoms with Crippen molar-refractivity contribution in [3.8, 4) is 0 Å². The Kier molecular flexibility index (Phi) is 2.88. The minimum absolute atomic E-state index is 0.649. The third kappa shape index (κ3) is 2.27. The Hall–Kier alpha value is -1.71. The van der Waals surface area contributed by atoms with Crippen molar-refractivity contribution in [2.45, 2.75) is 39.7 Å².